The lowest BCUT2D eigenvalue weighted by Gasteiger charge is -1.95. The number of aryl methyl sites for hydroxylation is 1. The molecule has 0 fully saturated rings. The Morgan fingerprint density at radius 3 is 2.57 bits per heavy atom. The van der Waals surface area contributed by atoms with E-state index in [1.807, 2.05) is 18.2 Å². The number of hydrogen-bond donors (Lipinski definition) is 0. The SMILES string of the molecule is Cn1cc(-c2csc(-c3ccccc3)n2)c2ccccc21. The zero-order valence-corrected chi connectivity index (χ0v) is 12.5. The van der Waals surface area contributed by atoms with E-state index in [0.717, 1.165) is 10.7 Å². The van der Waals surface area contributed by atoms with Crippen LogP contribution in [0.1, 0.15) is 0 Å². The van der Waals surface area contributed by atoms with E-state index in [9.17, 15) is 0 Å². The fraction of sp³-hybridized carbons (Fsp3) is 0.0556. The van der Waals surface area contributed by atoms with Gasteiger partial charge in [0.05, 0.1) is 5.69 Å². The number of hydrogen-bond acceptors (Lipinski definition) is 2. The Bertz CT molecular complexity index is 903. The van der Waals surface area contributed by atoms with E-state index in [2.05, 4.69) is 59.6 Å². The number of para-hydroxylation sites is 1. The van der Waals surface area contributed by atoms with Crippen molar-refractivity contribution in [3.63, 3.8) is 0 Å². The van der Waals surface area contributed by atoms with Crippen molar-refractivity contribution in [2.45, 2.75) is 0 Å². The molecule has 2 aromatic carbocycles. The molecule has 3 heteroatoms. The normalized spacial score (nSPS) is 11.1. The third-order valence-corrected chi connectivity index (χ3v) is 4.59. The second kappa shape index (κ2) is 4.86. The molecule has 0 aliphatic rings. The summed E-state index contributed by atoms with van der Waals surface area (Å²) < 4.78 is 2.16. The Morgan fingerprint density at radius 2 is 1.71 bits per heavy atom. The van der Waals surface area contributed by atoms with Gasteiger partial charge in [0.2, 0.25) is 0 Å². The monoisotopic (exact) mass is 290 g/mol. The third-order valence-electron chi connectivity index (χ3n) is 3.70. The van der Waals surface area contributed by atoms with Crippen molar-refractivity contribution in [3.8, 4) is 21.8 Å². The Hall–Kier alpha value is -2.39. The summed E-state index contributed by atoms with van der Waals surface area (Å²) >= 11 is 1.69. The van der Waals surface area contributed by atoms with E-state index in [4.69, 9.17) is 4.98 Å². The molecule has 102 valence electrons. The molecular formula is C18H14N2S. The van der Waals surface area contributed by atoms with Crippen LogP contribution < -0.4 is 0 Å². The summed E-state index contributed by atoms with van der Waals surface area (Å²) in [5.41, 5.74) is 4.66. The van der Waals surface area contributed by atoms with Gasteiger partial charge >= 0.3 is 0 Å². The predicted octanol–water partition coefficient (Wildman–Crippen LogP) is 4.97. The molecule has 0 spiro atoms. The van der Waals surface area contributed by atoms with E-state index in [1.54, 1.807) is 11.3 Å². The van der Waals surface area contributed by atoms with Crippen molar-refractivity contribution < 1.29 is 0 Å². The topological polar surface area (TPSA) is 17.8 Å². The second-order valence-electron chi connectivity index (χ2n) is 5.07. The molecule has 4 rings (SSSR count). The van der Waals surface area contributed by atoms with E-state index < -0.39 is 0 Å². The highest BCUT2D eigenvalue weighted by molar-refractivity contribution is 7.13. The maximum atomic E-state index is 4.82. The summed E-state index contributed by atoms with van der Waals surface area (Å²) in [4.78, 5) is 4.82. The molecule has 0 saturated heterocycles. The maximum absolute atomic E-state index is 4.82. The van der Waals surface area contributed by atoms with Gasteiger partial charge in [-0.25, -0.2) is 4.98 Å². The number of nitrogens with zero attached hydrogens (tertiary/aromatic N) is 2. The van der Waals surface area contributed by atoms with Crippen LogP contribution in [-0.2, 0) is 7.05 Å². The van der Waals surface area contributed by atoms with Crippen molar-refractivity contribution >= 4 is 22.2 Å². The van der Waals surface area contributed by atoms with Crippen molar-refractivity contribution in [1.29, 1.82) is 0 Å². The van der Waals surface area contributed by atoms with E-state index in [1.165, 1.54) is 22.0 Å². The highest BCUT2D eigenvalue weighted by Gasteiger charge is 2.12. The average Bonchev–Trinajstić information content (AvgIpc) is 3.14. The molecule has 0 unspecified atom stereocenters. The molecule has 0 aliphatic heterocycles. The Balaban J connectivity index is 1.85. The molecule has 21 heavy (non-hydrogen) atoms. The molecule has 0 aliphatic carbocycles. The summed E-state index contributed by atoms with van der Waals surface area (Å²) in [5.74, 6) is 0. The molecular weight excluding hydrogens is 276 g/mol. The molecule has 4 aromatic rings. The number of fused-ring (bicyclic) bond motifs is 1. The first-order valence-electron chi connectivity index (χ1n) is 6.88. The molecule has 0 bridgehead atoms. The summed E-state index contributed by atoms with van der Waals surface area (Å²) in [6, 6.07) is 18.8. The zero-order valence-electron chi connectivity index (χ0n) is 11.7. The summed E-state index contributed by atoms with van der Waals surface area (Å²) in [5, 5.41) is 4.47. The average molecular weight is 290 g/mol. The maximum Gasteiger partial charge on any atom is 0.124 e. The molecule has 0 saturated carbocycles. The molecule has 0 radical (unpaired) electrons. The number of thiazole rings is 1. The standard InChI is InChI=1S/C18H14N2S/c1-20-11-15(14-9-5-6-10-17(14)20)16-12-21-18(19-16)13-7-3-2-4-8-13/h2-12H,1H3. The van der Waals surface area contributed by atoms with Gasteiger partial charge in [-0.05, 0) is 6.07 Å². The van der Waals surface area contributed by atoms with Gasteiger partial charge in [0.25, 0.3) is 0 Å². The largest absolute Gasteiger partial charge is 0.350 e. The Labute approximate surface area is 127 Å². The Kier molecular flexibility index (Phi) is 2.86. The second-order valence-corrected chi connectivity index (χ2v) is 5.93. The minimum Gasteiger partial charge on any atom is -0.350 e. The smallest absolute Gasteiger partial charge is 0.124 e. The van der Waals surface area contributed by atoms with Gasteiger partial charge < -0.3 is 4.57 Å². The van der Waals surface area contributed by atoms with E-state index in [0.29, 0.717) is 0 Å². The van der Waals surface area contributed by atoms with Crippen LogP contribution in [0.25, 0.3) is 32.7 Å². The molecule has 2 nitrogen and oxygen atoms in total. The first-order valence-corrected chi connectivity index (χ1v) is 7.76. The van der Waals surface area contributed by atoms with Crippen LogP contribution in [0.4, 0.5) is 0 Å². The van der Waals surface area contributed by atoms with Gasteiger partial charge in [0.1, 0.15) is 5.01 Å². The lowest BCUT2D eigenvalue weighted by molar-refractivity contribution is 0.970. The highest BCUT2D eigenvalue weighted by Crippen LogP contribution is 2.33. The van der Waals surface area contributed by atoms with E-state index >= 15 is 0 Å². The molecule has 0 N–H and O–H groups in total. The number of rotatable bonds is 2. The summed E-state index contributed by atoms with van der Waals surface area (Å²) in [7, 11) is 2.08. The first-order chi connectivity index (χ1) is 10.3. The van der Waals surface area contributed by atoms with Crippen molar-refractivity contribution in [2.24, 2.45) is 7.05 Å². The van der Waals surface area contributed by atoms with Crippen LogP contribution in [0.2, 0.25) is 0 Å². The Morgan fingerprint density at radius 1 is 0.952 bits per heavy atom. The van der Waals surface area contributed by atoms with Crippen LogP contribution in [0.15, 0.2) is 66.2 Å². The predicted molar refractivity (Wildman–Crippen MR) is 89.5 cm³/mol. The fourth-order valence-electron chi connectivity index (χ4n) is 2.66. The molecule has 0 amide bonds. The lowest BCUT2D eigenvalue weighted by Crippen LogP contribution is -1.81. The van der Waals surface area contributed by atoms with Crippen LogP contribution in [0, 0.1) is 0 Å². The van der Waals surface area contributed by atoms with Gasteiger partial charge in [0, 0.05) is 40.7 Å². The quantitative estimate of drug-likeness (QED) is 0.509. The van der Waals surface area contributed by atoms with Gasteiger partial charge in [-0.1, -0.05) is 48.5 Å². The number of aromatic nitrogens is 2. The van der Waals surface area contributed by atoms with Gasteiger partial charge in [-0.3, -0.25) is 0 Å². The van der Waals surface area contributed by atoms with Gasteiger partial charge in [0.15, 0.2) is 0 Å². The highest BCUT2D eigenvalue weighted by atomic mass is 32.1. The van der Waals surface area contributed by atoms with E-state index in [-0.39, 0.29) is 0 Å². The first kappa shape index (κ1) is 12.4. The van der Waals surface area contributed by atoms with Crippen molar-refractivity contribution in [2.75, 3.05) is 0 Å². The minimum absolute atomic E-state index is 1.05. The number of benzene rings is 2. The molecule has 2 heterocycles. The zero-order chi connectivity index (χ0) is 14.2. The van der Waals surface area contributed by atoms with Gasteiger partial charge in [-0.15, -0.1) is 11.3 Å². The van der Waals surface area contributed by atoms with Crippen LogP contribution in [0.5, 0.6) is 0 Å². The molecule has 2 aromatic heterocycles. The summed E-state index contributed by atoms with van der Waals surface area (Å²) in [6.45, 7) is 0. The van der Waals surface area contributed by atoms with Crippen LogP contribution >= 0.6 is 11.3 Å². The molecule has 0 atom stereocenters. The summed E-state index contributed by atoms with van der Waals surface area (Å²) in [6.07, 6.45) is 2.16. The van der Waals surface area contributed by atoms with Gasteiger partial charge in [-0.2, -0.15) is 0 Å². The third kappa shape index (κ3) is 2.06. The lowest BCUT2D eigenvalue weighted by atomic mass is 10.1. The van der Waals surface area contributed by atoms with Crippen molar-refractivity contribution in [1.82, 2.24) is 9.55 Å². The van der Waals surface area contributed by atoms with Crippen LogP contribution in [-0.4, -0.2) is 9.55 Å². The van der Waals surface area contributed by atoms with Crippen molar-refractivity contribution in [3.05, 3.63) is 66.2 Å². The minimum atomic E-state index is 1.05. The fourth-order valence-corrected chi connectivity index (χ4v) is 3.48. The van der Waals surface area contributed by atoms with Crippen LogP contribution in [0.3, 0.4) is 0 Å².